The summed E-state index contributed by atoms with van der Waals surface area (Å²) in [5, 5.41) is 5.12. The second-order valence-electron chi connectivity index (χ2n) is 9.29. The molecule has 0 aliphatic carbocycles. The molecule has 7 nitrogen and oxygen atoms in total. The highest BCUT2D eigenvalue weighted by molar-refractivity contribution is 5.87. The van der Waals surface area contributed by atoms with Crippen molar-refractivity contribution in [1.29, 1.82) is 0 Å². The number of hydrogen-bond donors (Lipinski definition) is 1. The smallest absolute Gasteiger partial charge is 0.373 e. The molecule has 0 saturated carbocycles. The van der Waals surface area contributed by atoms with Crippen LogP contribution in [0.3, 0.4) is 0 Å². The predicted molar refractivity (Wildman–Crippen MR) is 149 cm³/mol. The van der Waals surface area contributed by atoms with Gasteiger partial charge in [0, 0.05) is 74.7 Å². The molecule has 0 radical (unpaired) electrons. The van der Waals surface area contributed by atoms with E-state index >= 15 is 0 Å². The molecule has 4 aromatic rings. The van der Waals surface area contributed by atoms with E-state index in [1.165, 1.54) is 12.1 Å². The van der Waals surface area contributed by atoms with Crippen LogP contribution in [0.25, 0.3) is 10.8 Å². The second kappa shape index (κ2) is 13.2. The molecule has 0 unspecified atom stereocenters. The van der Waals surface area contributed by atoms with Gasteiger partial charge in [-0.15, -0.1) is 0 Å². The number of aldehydes is 1. The van der Waals surface area contributed by atoms with Crippen LogP contribution in [-0.4, -0.2) is 71.3 Å². The van der Waals surface area contributed by atoms with E-state index in [-0.39, 0.29) is 17.7 Å². The molecule has 1 aliphatic heterocycles. The monoisotopic (exact) mass is 546 g/mol. The summed E-state index contributed by atoms with van der Waals surface area (Å²) < 4.78 is 39.1. The van der Waals surface area contributed by atoms with Crippen molar-refractivity contribution < 1.29 is 18.0 Å². The molecule has 1 fully saturated rings. The molecule has 1 N–H and O–H groups in total. The van der Waals surface area contributed by atoms with Crippen molar-refractivity contribution in [1.82, 2.24) is 24.8 Å². The van der Waals surface area contributed by atoms with Crippen LogP contribution in [0, 0.1) is 11.8 Å². The van der Waals surface area contributed by atoms with Crippen molar-refractivity contribution in [3.63, 3.8) is 0 Å². The lowest BCUT2D eigenvalue weighted by atomic mass is 10.0. The van der Waals surface area contributed by atoms with E-state index in [1.54, 1.807) is 18.5 Å². The quantitative estimate of drug-likeness (QED) is 0.293. The molecule has 2 aromatic carbocycles. The molecule has 206 valence electrons. The molecule has 0 bridgehead atoms. The molecular formula is C30H29F3N6O. The molecule has 2 aromatic heterocycles. The average Bonchev–Trinajstić information content (AvgIpc) is 2.97. The summed E-state index contributed by atoms with van der Waals surface area (Å²) >= 11 is 0. The summed E-state index contributed by atoms with van der Waals surface area (Å²) in [6, 6.07) is 13.6. The van der Waals surface area contributed by atoms with E-state index in [1.807, 2.05) is 49.5 Å². The topological polar surface area (TPSA) is 74.2 Å². The van der Waals surface area contributed by atoms with Crippen molar-refractivity contribution in [2.45, 2.75) is 12.7 Å². The number of carbonyl (C=O) groups is 1. The minimum absolute atomic E-state index is 0.0550. The molecule has 10 heteroatoms. The van der Waals surface area contributed by atoms with Crippen LogP contribution in [0.1, 0.15) is 32.9 Å². The Bertz CT molecular complexity index is 1520. The Labute approximate surface area is 231 Å². The van der Waals surface area contributed by atoms with Crippen LogP contribution in [0.2, 0.25) is 0 Å². The fourth-order valence-electron chi connectivity index (χ4n) is 4.21. The first-order valence-electron chi connectivity index (χ1n) is 12.7. The maximum Gasteiger partial charge on any atom is 0.416 e. The number of likely N-dealkylation sites (N-methyl/N-ethyl adjacent to an activating group) is 1. The van der Waals surface area contributed by atoms with Crippen LogP contribution in [-0.2, 0) is 12.7 Å². The Hall–Kier alpha value is -4.33. The number of pyridine rings is 1. The number of anilines is 1. The molecular weight excluding hydrogens is 517 g/mol. The summed E-state index contributed by atoms with van der Waals surface area (Å²) in [6.45, 7) is 3.48. The normalized spacial score (nSPS) is 14.0. The Morgan fingerprint density at radius 2 is 1.80 bits per heavy atom. The highest BCUT2D eigenvalue weighted by atomic mass is 19.4. The van der Waals surface area contributed by atoms with E-state index in [0.29, 0.717) is 12.1 Å². The van der Waals surface area contributed by atoms with Gasteiger partial charge in [0.1, 0.15) is 12.1 Å². The van der Waals surface area contributed by atoms with Gasteiger partial charge in [-0.05, 0) is 30.7 Å². The van der Waals surface area contributed by atoms with Crippen LogP contribution >= 0.6 is 0 Å². The zero-order chi connectivity index (χ0) is 28.5. The van der Waals surface area contributed by atoms with Gasteiger partial charge in [0.2, 0.25) is 5.82 Å². The number of rotatable bonds is 4. The lowest BCUT2D eigenvalue weighted by Crippen LogP contribution is -2.44. The van der Waals surface area contributed by atoms with Gasteiger partial charge >= 0.3 is 6.18 Å². The third kappa shape index (κ3) is 7.62. The summed E-state index contributed by atoms with van der Waals surface area (Å²) in [4.78, 5) is 27.4. The van der Waals surface area contributed by atoms with Gasteiger partial charge in [0.25, 0.3) is 0 Å². The molecule has 0 spiro atoms. The number of fused-ring (bicyclic) bond motifs is 1. The highest BCUT2D eigenvalue weighted by Crippen LogP contribution is 2.33. The van der Waals surface area contributed by atoms with E-state index in [2.05, 4.69) is 37.0 Å². The maximum atomic E-state index is 13.0. The maximum absolute atomic E-state index is 13.0. The fraction of sp³-hybridized carbons (Fsp3) is 0.267. The molecule has 5 rings (SSSR count). The number of nitrogens with one attached hydrogen (secondary N) is 1. The Balaban J connectivity index is 0.000000185. The van der Waals surface area contributed by atoms with Crippen LogP contribution in [0.15, 0.2) is 67.1 Å². The summed E-state index contributed by atoms with van der Waals surface area (Å²) in [6.07, 6.45) is 1.29. The number of aromatic nitrogens is 3. The third-order valence-corrected chi connectivity index (χ3v) is 6.45. The van der Waals surface area contributed by atoms with Crippen LogP contribution in [0.5, 0.6) is 0 Å². The van der Waals surface area contributed by atoms with E-state index < -0.39 is 11.7 Å². The number of hydrogen-bond acceptors (Lipinski definition) is 7. The Morgan fingerprint density at radius 1 is 1.02 bits per heavy atom. The zero-order valence-corrected chi connectivity index (χ0v) is 22.2. The van der Waals surface area contributed by atoms with Gasteiger partial charge in [0.15, 0.2) is 0 Å². The molecule has 0 amide bonds. The Morgan fingerprint density at radius 3 is 2.52 bits per heavy atom. The van der Waals surface area contributed by atoms with Crippen LogP contribution < -0.4 is 5.32 Å². The summed E-state index contributed by atoms with van der Waals surface area (Å²) in [7, 11) is 3.81. The number of carbonyl (C=O) groups excluding carboxylic acids is 1. The predicted octanol–water partition coefficient (Wildman–Crippen LogP) is 4.73. The van der Waals surface area contributed by atoms with E-state index in [0.717, 1.165) is 54.4 Å². The van der Waals surface area contributed by atoms with Gasteiger partial charge in [0.05, 0.1) is 11.1 Å². The average molecular weight is 547 g/mol. The van der Waals surface area contributed by atoms with Gasteiger partial charge in [-0.25, -0.2) is 9.97 Å². The Kier molecular flexibility index (Phi) is 9.43. The highest BCUT2D eigenvalue weighted by Gasteiger charge is 2.34. The minimum atomic E-state index is -4.43. The van der Waals surface area contributed by atoms with Crippen molar-refractivity contribution in [3.8, 4) is 11.8 Å². The first-order chi connectivity index (χ1) is 19.3. The number of alkyl halides is 3. The molecule has 1 saturated heterocycles. The van der Waals surface area contributed by atoms with Crippen molar-refractivity contribution in [3.05, 3.63) is 95.2 Å². The molecule has 0 atom stereocenters. The second-order valence-corrected chi connectivity index (χ2v) is 9.29. The largest absolute Gasteiger partial charge is 0.416 e. The number of nitrogens with zero attached hydrogens (tertiary/aromatic N) is 5. The van der Waals surface area contributed by atoms with E-state index in [4.69, 9.17) is 0 Å². The minimum Gasteiger partial charge on any atom is -0.373 e. The van der Waals surface area contributed by atoms with Crippen molar-refractivity contribution in [2.24, 2.45) is 0 Å². The van der Waals surface area contributed by atoms with Gasteiger partial charge in [-0.1, -0.05) is 42.3 Å². The lowest BCUT2D eigenvalue weighted by molar-refractivity contribution is -0.138. The standard InChI is InChI=1S/C16H12N4.C14H17F3N2O/c1-17-15-8-9-19-16(20-15)7-6-13-11-18-10-12-4-2-3-5-14(12)13;1-18-4-6-19(7-5-18)9-12-3-2-11(10-20)8-13(12)14(15,16)17/h2-5,8-11H,1H3,(H,17,19,20);2-3,8,10H,4-7,9H2,1H3. The third-order valence-electron chi connectivity index (χ3n) is 6.45. The summed E-state index contributed by atoms with van der Waals surface area (Å²) in [5.74, 6) is 7.31. The van der Waals surface area contributed by atoms with Gasteiger partial charge < -0.3 is 10.2 Å². The summed E-state index contributed by atoms with van der Waals surface area (Å²) in [5.41, 5.74) is 0.453. The number of halogens is 3. The first-order valence-corrected chi connectivity index (χ1v) is 12.7. The van der Waals surface area contributed by atoms with Crippen molar-refractivity contribution >= 4 is 22.9 Å². The first kappa shape index (κ1) is 28.7. The molecule has 3 heterocycles. The fourth-order valence-corrected chi connectivity index (χ4v) is 4.21. The van der Waals surface area contributed by atoms with Gasteiger partial charge in [-0.2, -0.15) is 13.2 Å². The number of piperazine rings is 1. The number of benzene rings is 2. The van der Waals surface area contributed by atoms with Gasteiger partial charge in [-0.3, -0.25) is 14.7 Å². The van der Waals surface area contributed by atoms with E-state index in [9.17, 15) is 18.0 Å². The lowest BCUT2D eigenvalue weighted by Gasteiger charge is -2.32. The molecule has 40 heavy (non-hydrogen) atoms. The van der Waals surface area contributed by atoms with Crippen LogP contribution in [0.4, 0.5) is 19.0 Å². The molecule has 1 aliphatic rings. The zero-order valence-electron chi connectivity index (χ0n) is 22.2. The van der Waals surface area contributed by atoms with Crippen molar-refractivity contribution in [2.75, 3.05) is 45.6 Å². The SMILES string of the molecule is CN1CCN(Cc2ccc(C=O)cc2C(F)(F)F)CC1.CNc1ccnc(C#Cc2cncc3ccccc23)n1.